The Morgan fingerprint density at radius 1 is 1.59 bits per heavy atom. The van der Waals surface area contributed by atoms with Gasteiger partial charge in [-0.1, -0.05) is 0 Å². The maximum atomic E-state index is 11.9. The molecule has 1 aliphatic rings. The molecule has 0 bridgehead atoms. The highest BCUT2D eigenvalue weighted by molar-refractivity contribution is 7.09. The zero-order valence-electron chi connectivity index (χ0n) is 10.1. The molecule has 0 saturated carbocycles. The Kier molecular flexibility index (Phi) is 4.09. The van der Waals surface area contributed by atoms with Crippen LogP contribution >= 0.6 is 11.3 Å². The number of ether oxygens (including phenoxy) is 1. The van der Waals surface area contributed by atoms with Gasteiger partial charge < -0.3 is 10.1 Å². The van der Waals surface area contributed by atoms with Crippen molar-refractivity contribution in [1.29, 1.82) is 0 Å². The predicted molar refractivity (Wildman–Crippen MR) is 66.1 cm³/mol. The van der Waals surface area contributed by atoms with E-state index in [0.717, 1.165) is 36.9 Å². The van der Waals surface area contributed by atoms with E-state index < -0.39 is 0 Å². The van der Waals surface area contributed by atoms with Crippen molar-refractivity contribution in [3.8, 4) is 0 Å². The van der Waals surface area contributed by atoms with E-state index in [2.05, 4.69) is 15.2 Å². The van der Waals surface area contributed by atoms with Crippen molar-refractivity contribution in [2.24, 2.45) is 0 Å². The fraction of sp³-hybridized carbons (Fsp3) is 0.636. The van der Waals surface area contributed by atoms with Crippen LogP contribution in [0.3, 0.4) is 0 Å². The molecular weight excluding hydrogens is 238 g/mol. The highest BCUT2D eigenvalue weighted by atomic mass is 32.1. The Morgan fingerprint density at radius 3 is 2.82 bits per heavy atom. The molecule has 5 nitrogen and oxygen atoms in total. The van der Waals surface area contributed by atoms with Crippen LogP contribution in [0.5, 0.6) is 0 Å². The lowest BCUT2D eigenvalue weighted by molar-refractivity contribution is -0.147. The Morgan fingerprint density at radius 2 is 2.29 bits per heavy atom. The van der Waals surface area contributed by atoms with Crippen LogP contribution in [0.4, 0.5) is 0 Å². The van der Waals surface area contributed by atoms with Gasteiger partial charge in [-0.3, -0.25) is 4.90 Å². The fourth-order valence-electron chi connectivity index (χ4n) is 2.01. The largest absolute Gasteiger partial charge is 0.468 e. The van der Waals surface area contributed by atoms with Gasteiger partial charge in [0.05, 0.1) is 17.8 Å². The quantitative estimate of drug-likeness (QED) is 0.800. The Balaban J connectivity index is 2.21. The lowest BCUT2D eigenvalue weighted by atomic mass is 10.1. The summed E-state index contributed by atoms with van der Waals surface area (Å²) in [6.07, 6.45) is 0. The van der Waals surface area contributed by atoms with Gasteiger partial charge in [-0.25, -0.2) is 9.78 Å². The van der Waals surface area contributed by atoms with Gasteiger partial charge >= 0.3 is 5.97 Å². The summed E-state index contributed by atoms with van der Waals surface area (Å²) in [5, 5.41) is 6.19. The van der Waals surface area contributed by atoms with Gasteiger partial charge in [0, 0.05) is 31.6 Å². The fourth-order valence-corrected chi connectivity index (χ4v) is 2.65. The number of thiazole rings is 1. The second kappa shape index (κ2) is 5.57. The summed E-state index contributed by atoms with van der Waals surface area (Å²) in [6.45, 7) is 5.43. The van der Waals surface area contributed by atoms with Crippen molar-refractivity contribution in [3.63, 3.8) is 0 Å². The minimum atomic E-state index is -0.355. The van der Waals surface area contributed by atoms with Crippen LogP contribution in [-0.4, -0.2) is 49.1 Å². The van der Waals surface area contributed by atoms with Gasteiger partial charge in [0.2, 0.25) is 0 Å². The lowest BCUT2D eigenvalue weighted by Crippen LogP contribution is -2.47. The number of hydrogen-bond donors (Lipinski definition) is 1. The number of aromatic nitrogens is 1. The van der Waals surface area contributed by atoms with Crippen LogP contribution in [0.1, 0.15) is 16.7 Å². The average molecular weight is 255 g/mol. The van der Waals surface area contributed by atoms with Crippen LogP contribution in [0.25, 0.3) is 0 Å². The second-order valence-corrected chi connectivity index (χ2v) is 5.07. The molecule has 2 rings (SSSR count). The Labute approximate surface area is 105 Å². The van der Waals surface area contributed by atoms with Crippen LogP contribution in [0.2, 0.25) is 0 Å². The number of nitrogens with zero attached hydrogens (tertiary/aromatic N) is 2. The molecule has 0 aliphatic carbocycles. The van der Waals surface area contributed by atoms with E-state index in [1.807, 2.05) is 12.3 Å². The summed E-state index contributed by atoms with van der Waals surface area (Å²) in [5.41, 5.74) is 0.807. The van der Waals surface area contributed by atoms with Gasteiger partial charge in [-0.05, 0) is 6.92 Å². The Bertz CT molecular complexity index is 388. The highest BCUT2D eigenvalue weighted by Gasteiger charge is 2.31. The second-order valence-electron chi connectivity index (χ2n) is 4.00. The third kappa shape index (κ3) is 2.83. The maximum Gasteiger partial charge on any atom is 0.329 e. The summed E-state index contributed by atoms with van der Waals surface area (Å²) < 4.78 is 4.89. The zero-order chi connectivity index (χ0) is 12.3. The van der Waals surface area contributed by atoms with E-state index in [0.29, 0.717) is 0 Å². The first-order valence-corrected chi connectivity index (χ1v) is 6.55. The zero-order valence-corrected chi connectivity index (χ0v) is 10.9. The van der Waals surface area contributed by atoms with Crippen molar-refractivity contribution < 1.29 is 9.53 Å². The molecule has 1 saturated heterocycles. The molecule has 1 aromatic heterocycles. The van der Waals surface area contributed by atoms with Crippen LogP contribution in [0.15, 0.2) is 5.38 Å². The highest BCUT2D eigenvalue weighted by Crippen LogP contribution is 2.24. The third-order valence-electron chi connectivity index (χ3n) is 2.86. The van der Waals surface area contributed by atoms with Crippen molar-refractivity contribution >= 4 is 17.3 Å². The molecule has 1 fully saturated rings. The van der Waals surface area contributed by atoms with E-state index in [4.69, 9.17) is 4.74 Å². The minimum Gasteiger partial charge on any atom is -0.468 e. The Hall–Kier alpha value is -0.980. The topological polar surface area (TPSA) is 54.5 Å². The lowest BCUT2D eigenvalue weighted by Gasteiger charge is -2.32. The number of carbonyl (C=O) groups is 1. The summed E-state index contributed by atoms with van der Waals surface area (Å²) in [5.74, 6) is -0.225. The van der Waals surface area contributed by atoms with Crippen LogP contribution in [0, 0.1) is 6.92 Å². The summed E-state index contributed by atoms with van der Waals surface area (Å²) in [6, 6.07) is -0.355. The predicted octanol–water partition coefficient (Wildman–Crippen LogP) is 0.571. The first-order chi connectivity index (χ1) is 8.22. The van der Waals surface area contributed by atoms with E-state index in [-0.39, 0.29) is 12.0 Å². The summed E-state index contributed by atoms with van der Waals surface area (Å²) in [4.78, 5) is 18.4. The SMILES string of the molecule is COC(=O)C(c1csc(C)n1)N1CCNCC1. The number of methoxy groups -OCH3 is 1. The molecule has 0 radical (unpaired) electrons. The minimum absolute atomic E-state index is 0.225. The maximum absolute atomic E-state index is 11.9. The molecule has 94 valence electrons. The van der Waals surface area contributed by atoms with Crippen molar-refractivity contribution in [1.82, 2.24) is 15.2 Å². The summed E-state index contributed by atoms with van der Waals surface area (Å²) >= 11 is 1.56. The van der Waals surface area contributed by atoms with Gasteiger partial charge in [-0.2, -0.15) is 0 Å². The molecule has 1 N–H and O–H groups in total. The molecule has 0 spiro atoms. The van der Waals surface area contributed by atoms with Crippen molar-refractivity contribution in [2.75, 3.05) is 33.3 Å². The smallest absolute Gasteiger partial charge is 0.329 e. The van der Waals surface area contributed by atoms with Crippen LogP contribution in [-0.2, 0) is 9.53 Å². The molecule has 0 aromatic carbocycles. The molecule has 2 heterocycles. The molecule has 1 unspecified atom stereocenters. The first-order valence-electron chi connectivity index (χ1n) is 5.67. The number of carbonyl (C=O) groups excluding carboxylic acids is 1. The molecule has 1 aliphatic heterocycles. The van der Waals surface area contributed by atoms with Crippen molar-refractivity contribution in [2.45, 2.75) is 13.0 Å². The number of hydrogen-bond acceptors (Lipinski definition) is 6. The monoisotopic (exact) mass is 255 g/mol. The molecule has 17 heavy (non-hydrogen) atoms. The molecule has 6 heteroatoms. The number of piperazine rings is 1. The molecular formula is C11H17N3O2S. The van der Waals surface area contributed by atoms with E-state index in [1.165, 1.54) is 7.11 Å². The summed E-state index contributed by atoms with van der Waals surface area (Å²) in [7, 11) is 1.43. The van der Waals surface area contributed by atoms with Gasteiger partial charge in [-0.15, -0.1) is 11.3 Å². The molecule has 0 amide bonds. The van der Waals surface area contributed by atoms with E-state index in [1.54, 1.807) is 11.3 Å². The van der Waals surface area contributed by atoms with Crippen molar-refractivity contribution in [3.05, 3.63) is 16.1 Å². The van der Waals surface area contributed by atoms with E-state index >= 15 is 0 Å². The number of rotatable bonds is 3. The standard InChI is InChI=1S/C11H17N3O2S/c1-8-13-9(7-17-8)10(11(15)16-2)14-5-3-12-4-6-14/h7,10,12H,3-6H2,1-2H3. The normalized spacial score (nSPS) is 18.9. The molecule has 1 atom stereocenters. The van der Waals surface area contributed by atoms with E-state index in [9.17, 15) is 4.79 Å². The van der Waals surface area contributed by atoms with Crippen LogP contribution < -0.4 is 5.32 Å². The average Bonchev–Trinajstić information content (AvgIpc) is 2.77. The third-order valence-corrected chi connectivity index (χ3v) is 3.65. The van der Waals surface area contributed by atoms with Gasteiger partial charge in [0.25, 0.3) is 0 Å². The van der Waals surface area contributed by atoms with Gasteiger partial charge in [0.1, 0.15) is 0 Å². The first kappa shape index (κ1) is 12.5. The number of nitrogens with one attached hydrogen (secondary N) is 1. The number of aryl methyl sites for hydroxylation is 1. The molecule has 1 aromatic rings. The van der Waals surface area contributed by atoms with Gasteiger partial charge in [0.15, 0.2) is 6.04 Å². The number of esters is 1.